The van der Waals surface area contributed by atoms with Crippen LogP contribution in [-0.2, 0) is 0 Å². The van der Waals surface area contributed by atoms with Gasteiger partial charge in [0.05, 0.1) is 5.39 Å². The standard InChI is InChI=1S/C19H15N5/c1-2-5-14(6-3-1)23-15-8-10-16(11-9-15)24-19-17-7-4-12-20-18(17)21-13-22-19/h1-13,23H,(H,20,21,22,24). The van der Waals surface area contributed by atoms with Crippen LogP contribution in [0.5, 0.6) is 0 Å². The molecule has 24 heavy (non-hydrogen) atoms. The number of para-hydroxylation sites is 1. The van der Waals surface area contributed by atoms with Crippen LogP contribution < -0.4 is 10.6 Å². The third kappa shape index (κ3) is 3.01. The van der Waals surface area contributed by atoms with Crippen molar-refractivity contribution >= 4 is 33.9 Å². The number of pyridine rings is 1. The largest absolute Gasteiger partial charge is 0.356 e. The lowest BCUT2D eigenvalue weighted by Gasteiger charge is -2.10. The number of nitrogens with one attached hydrogen (secondary N) is 2. The van der Waals surface area contributed by atoms with E-state index in [2.05, 4.69) is 25.6 Å². The quantitative estimate of drug-likeness (QED) is 0.580. The molecule has 0 saturated heterocycles. The van der Waals surface area contributed by atoms with E-state index < -0.39 is 0 Å². The number of hydrogen-bond donors (Lipinski definition) is 2. The summed E-state index contributed by atoms with van der Waals surface area (Å²) in [7, 11) is 0. The van der Waals surface area contributed by atoms with E-state index >= 15 is 0 Å². The van der Waals surface area contributed by atoms with Gasteiger partial charge in [0.25, 0.3) is 0 Å². The molecular formula is C19H15N5. The Bertz CT molecular complexity index is 947. The number of fused-ring (bicyclic) bond motifs is 1. The van der Waals surface area contributed by atoms with Crippen LogP contribution in [0.4, 0.5) is 22.9 Å². The normalized spacial score (nSPS) is 10.5. The van der Waals surface area contributed by atoms with Crippen molar-refractivity contribution in [2.45, 2.75) is 0 Å². The molecule has 0 aliphatic rings. The van der Waals surface area contributed by atoms with Gasteiger partial charge >= 0.3 is 0 Å². The van der Waals surface area contributed by atoms with E-state index in [0.717, 1.165) is 28.3 Å². The predicted octanol–water partition coefficient (Wildman–Crippen LogP) is 4.51. The molecule has 0 unspecified atom stereocenters. The fraction of sp³-hybridized carbons (Fsp3) is 0. The molecule has 0 radical (unpaired) electrons. The highest BCUT2D eigenvalue weighted by atomic mass is 15.0. The van der Waals surface area contributed by atoms with E-state index in [1.165, 1.54) is 6.33 Å². The van der Waals surface area contributed by atoms with Crippen molar-refractivity contribution in [3.63, 3.8) is 0 Å². The van der Waals surface area contributed by atoms with Crippen LogP contribution in [0.25, 0.3) is 11.0 Å². The summed E-state index contributed by atoms with van der Waals surface area (Å²) in [6, 6.07) is 22.0. The minimum atomic E-state index is 0.678. The molecule has 0 bridgehead atoms. The summed E-state index contributed by atoms with van der Waals surface area (Å²) >= 11 is 0. The molecule has 2 heterocycles. The Hall–Kier alpha value is -3.47. The van der Waals surface area contributed by atoms with Crippen molar-refractivity contribution < 1.29 is 0 Å². The number of aromatic nitrogens is 3. The van der Waals surface area contributed by atoms with E-state index in [1.807, 2.05) is 66.7 Å². The lowest BCUT2D eigenvalue weighted by Crippen LogP contribution is -1.97. The second kappa shape index (κ2) is 6.34. The first-order valence-corrected chi connectivity index (χ1v) is 7.63. The zero-order valence-corrected chi connectivity index (χ0v) is 12.8. The molecule has 0 atom stereocenters. The molecule has 0 spiro atoms. The van der Waals surface area contributed by atoms with Gasteiger partial charge in [-0.1, -0.05) is 18.2 Å². The summed E-state index contributed by atoms with van der Waals surface area (Å²) < 4.78 is 0. The van der Waals surface area contributed by atoms with E-state index in [4.69, 9.17) is 0 Å². The summed E-state index contributed by atoms with van der Waals surface area (Å²) in [5, 5.41) is 7.58. The van der Waals surface area contributed by atoms with Gasteiger partial charge in [0.2, 0.25) is 0 Å². The third-order valence-corrected chi connectivity index (χ3v) is 3.62. The van der Waals surface area contributed by atoms with Gasteiger partial charge in [-0.3, -0.25) is 0 Å². The van der Waals surface area contributed by atoms with Crippen LogP contribution in [0.1, 0.15) is 0 Å². The monoisotopic (exact) mass is 313 g/mol. The highest BCUT2D eigenvalue weighted by Gasteiger charge is 2.04. The van der Waals surface area contributed by atoms with E-state index in [1.54, 1.807) is 6.20 Å². The zero-order valence-electron chi connectivity index (χ0n) is 12.8. The zero-order chi connectivity index (χ0) is 16.2. The molecule has 0 amide bonds. The molecule has 0 aliphatic carbocycles. The highest BCUT2D eigenvalue weighted by molar-refractivity contribution is 5.88. The summed E-state index contributed by atoms with van der Waals surface area (Å²) in [5.41, 5.74) is 3.72. The van der Waals surface area contributed by atoms with Gasteiger partial charge in [0, 0.05) is 23.3 Å². The van der Waals surface area contributed by atoms with E-state index in [-0.39, 0.29) is 0 Å². The van der Waals surface area contributed by atoms with Crippen molar-refractivity contribution in [1.29, 1.82) is 0 Å². The molecule has 2 aromatic heterocycles. The Morgan fingerprint density at radius 2 is 1.29 bits per heavy atom. The fourth-order valence-corrected chi connectivity index (χ4v) is 2.46. The molecule has 2 aromatic carbocycles. The Morgan fingerprint density at radius 1 is 0.583 bits per heavy atom. The smallest absolute Gasteiger partial charge is 0.164 e. The minimum Gasteiger partial charge on any atom is -0.356 e. The first-order valence-electron chi connectivity index (χ1n) is 7.63. The van der Waals surface area contributed by atoms with Gasteiger partial charge < -0.3 is 10.6 Å². The van der Waals surface area contributed by atoms with Gasteiger partial charge in [0.1, 0.15) is 12.1 Å². The van der Waals surface area contributed by atoms with Crippen molar-refractivity contribution in [3.8, 4) is 0 Å². The molecule has 2 N–H and O–H groups in total. The Balaban J connectivity index is 1.55. The van der Waals surface area contributed by atoms with Crippen LogP contribution >= 0.6 is 0 Å². The molecule has 4 aromatic rings. The molecular weight excluding hydrogens is 298 g/mol. The number of benzene rings is 2. The molecule has 116 valence electrons. The molecule has 5 nitrogen and oxygen atoms in total. The number of nitrogens with zero attached hydrogens (tertiary/aromatic N) is 3. The van der Waals surface area contributed by atoms with Gasteiger partial charge in [-0.25, -0.2) is 15.0 Å². The van der Waals surface area contributed by atoms with Crippen LogP contribution in [0.15, 0.2) is 79.3 Å². The Morgan fingerprint density at radius 3 is 2.08 bits per heavy atom. The second-order valence-corrected chi connectivity index (χ2v) is 5.29. The van der Waals surface area contributed by atoms with Crippen LogP contribution in [0.3, 0.4) is 0 Å². The number of rotatable bonds is 4. The average Bonchev–Trinajstić information content (AvgIpc) is 2.65. The average molecular weight is 313 g/mol. The van der Waals surface area contributed by atoms with Gasteiger partial charge in [0.15, 0.2) is 5.65 Å². The first-order chi connectivity index (χ1) is 11.9. The van der Waals surface area contributed by atoms with Gasteiger partial charge in [-0.2, -0.15) is 0 Å². The summed E-state index contributed by atoms with van der Waals surface area (Å²) in [6.45, 7) is 0. The second-order valence-electron chi connectivity index (χ2n) is 5.29. The SMILES string of the molecule is c1ccc(Nc2ccc(Nc3ncnc4ncccc34)cc2)cc1. The molecule has 4 rings (SSSR count). The maximum atomic E-state index is 4.31. The van der Waals surface area contributed by atoms with Crippen molar-refractivity contribution in [2.24, 2.45) is 0 Å². The number of anilines is 4. The molecule has 0 aliphatic heterocycles. The molecule has 0 fully saturated rings. The molecule has 0 saturated carbocycles. The summed E-state index contributed by atoms with van der Waals surface area (Å²) in [4.78, 5) is 12.7. The van der Waals surface area contributed by atoms with Crippen molar-refractivity contribution in [2.75, 3.05) is 10.6 Å². The maximum Gasteiger partial charge on any atom is 0.164 e. The van der Waals surface area contributed by atoms with Crippen LogP contribution in [0.2, 0.25) is 0 Å². The van der Waals surface area contributed by atoms with Gasteiger partial charge in [-0.05, 0) is 48.5 Å². The Labute approximate surface area is 139 Å². The van der Waals surface area contributed by atoms with Crippen LogP contribution in [0, 0.1) is 0 Å². The van der Waals surface area contributed by atoms with Crippen molar-refractivity contribution in [3.05, 3.63) is 79.3 Å². The lowest BCUT2D eigenvalue weighted by molar-refractivity contribution is 1.18. The van der Waals surface area contributed by atoms with E-state index in [0.29, 0.717) is 5.65 Å². The molecule has 5 heteroatoms. The first kappa shape index (κ1) is 14.1. The predicted molar refractivity (Wildman–Crippen MR) is 96.8 cm³/mol. The lowest BCUT2D eigenvalue weighted by atomic mass is 10.2. The minimum absolute atomic E-state index is 0.678. The maximum absolute atomic E-state index is 4.31. The van der Waals surface area contributed by atoms with E-state index in [9.17, 15) is 0 Å². The van der Waals surface area contributed by atoms with Crippen LogP contribution in [-0.4, -0.2) is 15.0 Å². The third-order valence-electron chi connectivity index (χ3n) is 3.62. The summed E-state index contributed by atoms with van der Waals surface area (Å²) in [5.74, 6) is 0.747. The number of hydrogen-bond acceptors (Lipinski definition) is 5. The Kier molecular flexibility index (Phi) is 3.73. The summed E-state index contributed by atoms with van der Waals surface area (Å²) in [6.07, 6.45) is 3.24. The topological polar surface area (TPSA) is 62.7 Å². The van der Waals surface area contributed by atoms with Crippen molar-refractivity contribution in [1.82, 2.24) is 15.0 Å². The highest BCUT2D eigenvalue weighted by Crippen LogP contribution is 2.23. The fourth-order valence-electron chi connectivity index (χ4n) is 2.46. The van der Waals surface area contributed by atoms with Gasteiger partial charge in [-0.15, -0.1) is 0 Å².